The Morgan fingerprint density at radius 1 is 1.38 bits per heavy atom. The lowest BCUT2D eigenvalue weighted by Gasteiger charge is -2.10. The zero-order valence-corrected chi connectivity index (χ0v) is 10.8. The molecule has 0 saturated heterocycles. The summed E-state index contributed by atoms with van der Waals surface area (Å²) < 4.78 is 1.03. The molecule has 0 spiro atoms. The molecule has 84 valence electrons. The van der Waals surface area contributed by atoms with Crippen molar-refractivity contribution in [3.63, 3.8) is 0 Å². The van der Waals surface area contributed by atoms with Crippen LogP contribution in [0, 0.1) is 0 Å². The number of thiazole rings is 1. The van der Waals surface area contributed by atoms with Crippen molar-refractivity contribution < 1.29 is 0 Å². The van der Waals surface area contributed by atoms with Gasteiger partial charge < -0.3 is 5.32 Å². The summed E-state index contributed by atoms with van der Waals surface area (Å²) in [5.41, 5.74) is 1.25. The van der Waals surface area contributed by atoms with Gasteiger partial charge in [0.25, 0.3) is 0 Å². The molecule has 0 aliphatic rings. The molecule has 0 saturated carbocycles. The predicted octanol–water partition coefficient (Wildman–Crippen LogP) is 2.97. The zero-order valence-electron chi connectivity index (χ0n) is 9.18. The third kappa shape index (κ3) is 2.81. The first kappa shape index (κ1) is 11.6. The molecule has 2 rings (SSSR count). The SMILES string of the molecule is CNC(C)c1ccnc(Sc2nccs2)c1. The van der Waals surface area contributed by atoms with E-state index < -0.39 is 0 Å². The second kappa shape index (κ2) is 5.43. The van der Waals surface area contributed by atoms with Crippen LogP contribution in [0.3, 0.4) is 0 Å². The average Bonchev–Trinajstić information content (AvgIpc) is 2.81. The molecule has 0 aliphatic heterocycles. The van der Waals surface area contributed by atoms with Crippen LogP contribution in [0.4, 0.5) is 0 Å². The van der Waals surface area contributed by atoms with Crippen molar-refractivity contribution in [2.45, 2.75) is 22.3 Å². The highest BCUT2D eigenvalue weighted by Gasteiger charge is 2.06. The minimum absolute atomic E-state index is 0.346. The van der Waals surface area contributed by atoms with Gasteiger partial charge in [-0.3, -0.25) is 0 Å². The molecule has 1 atom stereocenters. The Balaban J connectivity index is 2.16. The topological polar surface area (TPSA) is 37.8 Å². The summed E-state index contributed by atoms with van der Waals surface area (Å²) in [6.07, 6.45) is 3.66. The fraction of sp³-hybridized carbons (Fsp3) is 0.273. The van der Waals surface area contributed by atoms with Crippen LogP contribution in [-0.2, 0) is 0 Å². The molecule has 3 nitrogen and oxygen atoms in total. The summed E-state index contributed by atoms with van der Waals surface area (Å²) in [5.74, 6) is 0. The van der Waals surface area contributed by atoms with Crippen molar-refractivity contribution >= 4 is 23.1 Å². The van der Waals surface area contributed by atoms with E-state index >= 15 is 0 Å². The van der Waals surface area contributed by atoms with Gasteiger partial charge in [-0.05, 0) is 43.4 Å². The standard InChI is InChI=1S/C11H13N3S2/c1-8(12-2)9-3-4-13-10(7-9)16-11-14-5-6-15-11/h3-8,12H,1-2H3. The number of nitrogens with zero attached hydrogens (tertiary/aromatic N) is 2. The maximum Gasteiger partial charge on any atom is 0.156 e. The Morgan fingerprint density at radius 2 is 2.25 bits per heavy atom. The lowest BCUT2D eigenvalue weighted by atomic mass is 10.1. The molecule has 2 aromatic rings. The molecular weight excluding hydrogens is 238 g/mol. The van der Waals surface area contributed by atoms with Crippen molar-refractivity contribution in [2.24, 2.45) is 0 Å². The molecule has 16 heavy (non-hydrogen) atoms. The molecule has 0 fully saturated rings. The van der Waals surface area contributed by atoms with Gasteiger partial charge in [0.2, 0.25) is 0 Å². The highest BCUT2D eigenvalue weighted by Crippen LogP contribution is 2.28. The van der Waals surface area contributed by atoms with Crippen molar-refractivity contribution in [3.05, 3.63) is 35.5 Å². The van der Waals surface area contributed by atoms with E-state index in [-0.39, 0.29) is 0 Å². The normalized spacial score (nSPS) is 12.6. The van der Waals surface area contributed by atoms with E-state index in [1.165, 1.54) is 5.56 Å². The monoisotopic (exact) mass is 251 g/mol. The Bertz CT molecular complexity index is 442. The van der Waals surface area contributed by atoms with E-state index in [0.29, 0.717) is 6.04 Å². The molecule has 0 radical (unpaired) electrons. The van der Waals surface area contributed by atoms with E-state index in [1.54, 1.807) is 23.1 Å². The molecule has 1 unspecified atom stereocenters. The average molecular weight is 251 g/mol. The summed E-state index contributed by atoms with van der Waals surface area (Å²) in [4.78, 5) is 8.56. The lowest BCUT2D eigenvalue weighted by molar-refractivity contribution is 0.649. The van der Waals surface area contributed by atoms with Crippen LogP contribution < -0.4 is 5.32 Å². The fourth-order valence-corrected chi connectivity index (χ4v) is 2.84. The van der Waals surface area contributed by atoms with Gasteiger partial charge in [0.1, 0.15) is 5.03 Å². The molecule has 0 amide bonds. The number of aromatic nitrogens is 2. The molecular formula is C11H13N3S2. The molecule has 5 heteroatoms. The van der Waals surface area contributed by atoms with Crippen LogP contribution in [0.2, 0.25) is 0 Å². The Morgan fingerprint density at radius 3 is 2.94 bits per heavy atom. The van der Waals surface area contributed by atoms with Gasteiger partial charge in [0, 0.05) is 23.8 Å². The van der Waals surface area contributed by atoms with E-state index in [1.807, 2.05) is 30.9 Å². The van der Waals surface area contributed by atoms with Crippen molar-refractivity contribution in [1.29, 1.82) is 0 Å². The molecule has 0 aromatic carbocycles. The number of hydrogen-bond donors (Lipinski definition) is 1. The minimum Gasteiger partial charge on any atom is -0.313 e. The number of rotatable bonds is 4. The van der Waals surface area contributed by atoms with Gasteiger partial charge in [0.05, 0.1) is 0 Å². The highest BCUT2D eigenvalue weighted by atomic mass is 32.2. The van der Waals surface area contributed by atoms with Crippen LogP contribution in [0.25, 0.3) is 0 Å². The maximum atomic E-state index is 4.33. The quantitative estimate of drug-likeness (QED) is 0.906. The van der Waals surface area contributed by atoms with Crippen LogP contribution in [0.15, 0.2) is 39.3 Å². The third-order valence-electron chi connectivity index (χ3n) is 2.29. The summed E-state index contributed by atoms with van der Waals surface area (Å²) in [6, 6.07) is 4.49. The molecule has 0 aliphatic carbocycles. The first-order valence-electron chi connectivity index (χ1n) is 5.00. The van der Waals surface area contributed by atoms with Gasteiger partial charge in [-0.25, -0.2) is 9.97 Å². The Kier molecular flexibility index (Phi) is 3.93. The van der Waals surface area contributed by atoms with Crippen LogP contribution in [-0.4, -0.2) is 17.0 Å². The van der Waals surface area contributed by atoms with Gasteiger partial charge in [-0.1, -0.05) is 0 Å². The first-order valence-corrected chi connectivity index (χ1v) is 6.70. The summed E-state index contributed by atoms with van der Waals surface area (Å²) >= 11 is 3.24. The van der Waals surface area contributed by atoms with Gasteiger partial charge in [-0.2, -0.15) is 0 Å². The van der Waals surface area contributed by atoms with Crippen molar-refractivity contribution in [1.82, 2.24) is 15.3 Å². The van der Waals surface area contributed by atoms with E-state index in [4.69, 9.17) is 0 Å². The van der Waals surface area contributed by atoms with Crippen LogP contribution in [0.1, 0.15) is 18.5 Å². The molecule has 2 aromatic heterocycles. The summed E-state index contributed by atoms with van der Waals surface area (Å²) in [6.45, 7) is 2.13. The number of nitrogens with one attached hydrogen (secondary N) is 1. The van der Waals surface area contributed by atoms with Crippen LogP contribution in [0.5, 0.6) is 0 Å². The minimum atomic E-state index is 0.346. The number of pyridine rings is 1. The lowest BCUT2D eigenvalue weighted by Crippen LogP contribution is -2.12. The van der Waals surface area contributed by atoms with E-state index in [9.17, 15) is 0 Å². The van der Waals surface area contributed by atoms with E-state index in [0.717, 1.165) is 9.37 Å². The first-order chi connectivity index (χ1) is 7.79. The van der Waals surface area contributed by atoms with Crippen molar-refractivity contribution in [2.75, 3.05) is 7.05 Å². The summed E-state index contributed by atoms with van der Waals surface area (Å²) in [7, 11) is 1.96. The van der Waals surface area contributed by atoms with Gasteiger partial charge in [-0.15, -0.1) is 11.3 Å². The predicted molar refractivity (Wildman–Crippen MR) is 67.9 cm³/mol. The smallest absolute Gasteiger partial charge is 0.156 e. The van der Waals surface area contributed by atoms with Gasteiger partial charge >= 0.3 is 0 Å². The van der Waals surface area contributed by atoms with E-state index in [2.05, 4.69) is 28.3 Å². The van der Waals surface area contributed by atoms with Crippen molar-refractivity contribution in [3.8, 4) is 0 Å². The van der Waals surface area contributed by atoms with Crippen LogP contribution >= 0.6 is 23.1 Å². The highest BCUT2D eigenvalue weighted by molar-refractivity contribution is 8.00. The second-order valence-corrected chi connectivity index (χ2v) is 5.50. The zero-order chi connectivity index (χ0) is 11.4. The fourth-order valence-electron chi connectivity index (χ4n) is 1.27. The largest absolute Gasteiger partial charge is 0.313 e. The van der Waals surface area contributed by atoms with Gasteiger partial charge in [0.15, 0.2) is 4.34 Å². The number of hydrogen-bond acceptors (Lipinski definition) is 5. The molecule has 2 heterocycles. The molecule has 1 N–H and O–H groups in total. The Labute approximate surface area is 103 Å². The summed E-state index contributed by atoms with van der Waals surface area (Å²) in [5, 5.41) is 6.19. The second-order valence-electron chi connectivity index (χ2n) is 3.34. The Hall–Kier alpha value is -0.910. The molecule has 0 bridgehead atoms. The third-order valence-corrected chi connectivity index (χ3v) is 4.11. The maximum absolute atomic E-state index is 4.33.